The van der Waals surface area contributed by atoms with E-state index in [0.29, 0.717) is 6.42 Å². The van der Waals surface area contributed by atoms with E-state index in [1.807, 2.05) is 25.3 Å². The Morgan fingerprint density at radius 1 is 1.47 bits per heavy atom. The first-order chi connectivity index (χ1) is 7.08. The molecule has 0 spiro atoms. The quantitative estimate of drug-likeness (QED) is 0.830. The molecule has 2 nitrogen and oxygen atoms in total. The molecule has 0 unspecified atom stereocenters. The lowest BCUT2D eigenvalue weighted by Crippen LogP contribution is -1.94. The van der Waals surface area contributed by atoms with E-state index >= 15 is 0 Å². The lowest BCUT2D eigenvalue weighted by atomic mass is 10.1. The Balaban J connectivity index is 2.59. The van der Waals surface area contributed by atoms with E-state index in [1.165, 1.54) is 0 Å². The molecule has 1 N–H and O–H groups in total. The van der Waals surface area contributed by atoms with Gasteiger partial charge in [-0.3, -0.25) is 4.79 Å². The zero-order chi connectivity index (χ0) is 11.0. The second kappa shape index (κ2) is 3.70. The number of ketones is 1. The van der Waals surface area contributed by atoms with Crippen molar-refractivity contribution in [2.24, 2.45) is 0 Å². The van der Waals surface area contributed by atoms with Crippen molar-refractivity contribution in [2.45, 2.75) is 20.3 Å². The molecule has 0 saturated carbocycles. The average molecular weight is 222 g/mol. The second-order valence-electron chi connectivity index (χ2n) is 3.84. The van der Waals surface area contributed by atoms with E-state index < -0.39 is 0 Å². The number of aryl methyl sites for hydroxylation is 1. The normalized spacial score (nSPS) is 10.9. The van der Waals surface area contributed by atoms with Gasteiger partial charge in [0.2, 0.25) is 0 Å². The molecule has 3 heteroatoms. The third-order valence-electron chi connectivity index (χ3n) is 2.49. The first kappa shape index (κ1) is 10.2. The van der Waals surface area contributed by atoms with Crippen molar-refractivity contribution in [2.75, 3.05) is 0 Å². The number of H-pyrrole nitrogens is 1. The zero-order valence-electron chi connectivity index (χ0n) is 8.73. The predicted molar refractivity (Wildman–Crippen MR) is 62.4 cm³/mol. The van der Waals surface area contributed by atoms with Gasteiger partial charge in [0.1, 0.15) is 5.78 Å². The molecule has 0 saturated heterocycles. The van der Waals surface area contributed by atoms with Crippen molar-refractivity contribution < 1.29 is 4.79 Å². The summed E-state index contributed by atoms with van der Waals surface area (Å²) in [4.78, 5) is 14.2. The third-order valence-corrected chi connectivity index (χ3v) is 2.89. The van der Waals surface area contributed by atoms with E-state index in [1.54, 1.807) is 6.92 Å². The van der Waals surface area contributed by atoms with Gasteiger partial charge < -0.3 is 4.98 Å². The van der Waals surface area contributed by atoms with Crippen molar-refractivity contribution in [3.05, 3.63) is 34.5 Å². The Bertz CT molecular complexity index is 528. The van der Waals surface area contributed by atoms with Crippen LogP contribution in [-0.4, -0.2) is 10.8 Å². The zero-order valence-corrected chi connectivity index (χ0v) is 9.48. The SMILES string of the molecule is CC(=O)Cc1c[nH]c2cc(Cl)c(C)cc12. The molecular formula is C12H12ClNO. The lowest BCUT2D eigenvalue weighted by Gasteiger charge is -1.99. The summed E-state index contributed by atoms with van der Waals surface area (Å²) in [5.41, 5.74) is 3.06. The van der Waals surface area contributed by atoms with Crippen LogP contribution >= 0.6 is 11.6 Å². The Morgan fingerprint density at radius 2 is 2.20 bits per heavy atom. The minimum absolute atomic E-state index is 0.170. The monoisotopic (exact) mass is 221 g/mol. The van der Waals surface area contributed by atoms with Gasteiger partial charge >= 0.3 is 0 Å². The van der Waals surface area contributed by atoms with Gasteiger partial charge in [-0.1, -0.05) is 11.6 Å². The molecule has 0 atom stereocenters. The highest BCUT2D eigenvalue weighted by atomic mass is 35.5. The van der Waals surface area contributed by atoms with Crippen molar-refractivity contribution in [3.8, 4) is 0 Å². The van der Waals surface area contributed by atoms with Crippen molar-refractivity contribution in [1.82, 2.24) is 4.98 Å². The van der Waals surface area contributed by atoms with Crippen LogP contribution in [0.3, 0.4) is 0 Å². The fraction of sp³-hybridized carbons (Fsp3) is 0.250. The number of carbonyl (C=O) groups is 1. The summed E-state index contributed by atoms with van der Waals surface area (Å²) in [5.74, 6) is 0.170. The molecule has 0 aliphatic carbocycles. The average Bonchev–Trinajstić information content (AvgIpc) is 2.49. The number of aromatic nitrogens is 1. The Morgan fingerprint density at radius 3 is 2.87 bits per heavy atom. The number of fused-ring (bicyclic) bond motifs is 1. The number of hydrogen-bond donors (Lipinski definition) is 1. The Labute approximate surface area is 93.2 Å². The molecule has 1 aromatic carbocycles. The summed E-state index contributed by atoms with van der Waals surface area (Å²) < 4.78 is 0. The Hall–Kier alpha value is -1.28. The number of hydrogen-bond acceptors (Lipinski definition) is 1. The van der Waals surface area contributed by atoms with E-state index in [4.69, 9.17) is 11.6 Å². The third kappa shape index (κ3) is 1.90. The molecule has 1 heterocycles. The van der Waals surface area contributed by atoms with Crippen molar-refractivity contribution >= 4 is 28.3 Å². The number of aromatic amines is 1. The second-order valence-corrected chi connectivity index (χ2v) is 4.25. The molecular weight excluding hydrogens is 210 g/mol. The molecule has 0 amide bonds. The molecule has 0 aliphatic rings. The molecule has 0 radical (unpaired) electrons. The summed E-state index contributed by atoms with van der Waals surface area (Å²) in [5, 5.41) is 1.84. The highest BCUT2D eigenvalue weighted by Crippen LogP contribution is 2.25. The van der Waals surface area contributed by atoms with Crippen LogP contribution < -0.4 is 0 Å². The van der Waals surface area contributed by atoms with Gasteiger partial charge in [0.15, 0.2) is 0 Å². The molecule has 0 fully saturated rings. The standard InChI is InChI=1S/C12H12ClNO/c1-7-3-10-9(4-8(2)15)6-14-12(10)5-11(7)13/h3,5-6,14H,4H2,1-2H3. The van der Waals surface area contributed by atoms with Gasteiger partial charge in [-0.05, 0) is 37.1 Å². The maximum atomic E-state index is 11.1. The van der Waals surface area contributed by atoms with Crippen molar-refractivity contribution in [1.29, 1.82) is 0 Å². The van der Waals surface area contributed by atoms with Crippen LogP contribution in [0.4, 0.5) is 0 Å². The maximum absolute atomic E-state index is 11.1. The summed E-state index contributed by atoms with van der Waals surface area (Å²) >= 11 is 6.02. The van der Waals surface area contributed by atoms with Crippen LogP contribution in [0, 0.1) is 6.92 Å². The van der Waals surface area contributed by atoms with Gasteiger partial charge in [-0.25, -0.2) is 0 Å². The van der Waals surface area contributed by atoms with Crippen LogP contribution in [0.2, 0.25) is 5.02 Å². The minimum atomic E-state index is 0.170. The predicted octanol–water partition coefficient (Wildman–Crippen LogP) is 3.26. The van der Waals surface area contributed by atoms with Crippen LogP contribution in [0.1, 0.15) is 18.1 Å². The molecule has 1 aromatic heterocycles. The lowest BCUT2D eigenvalue weighted by molar-refractivity contribution is -0.116. The molecule has 0 aliphatic heterocycles. The minimum Gasteiger partial charge on any atom is -0.361 e. The van der Waals surface area contributed by atoms with Gasteiger partial charge in [0, 0.05) is 28.5 Å². The number of benzene rings is 1. The topological polar surface area (TPSA) is 32.9 Å². The van der Waals surface area contributed by atoms with E-state index in [9.17, 15) is 4.79 Å². The van der Waals surface area contributed by atoms with Crippen molar-refractivity contribution in [3.63, 3.8) is 0 Å². The first-order valence-electron chi connectivity index (χ1n) is 4.83. The highest BCUT2D eigenvalue weighted by Gasteiger charge is 2.07. The fourth-order valence-corrected chi connectivity index (χ4v) is 1.89. The molecule has 0 bridgehead atoms. The van der Waals surface area contributed by atoms with Gasteiger partial charge in [-0.2, -0.15) is 0 Å². The summed E-state index contributed by atoms with van der Waals surface area (Å²) in [6, 6.07) is 3.92. The summed E-state index contributed by atoms with van der Waals surface area (Å²) in [6.07, 6.45) is 2.35. The smallest absolute Gasteiger partial charge is 0.134 e. The number of carbonyl (C=O) groups excluding carboxylic acids is 1. The summed E-state index contributed by atoms with van der Waals surface area (Å²) in [6.45, 7) is 3.56. The summed E-state index contributed by atoms with van der Waals surface area (Å²) in [7, 11) is 0. The van der Waals surface area contributed by atoms with Crippen LogP contribution in [-0.2, 0) is 11.2 Å². The first-order valence-corrected chi connectivity index (χ1v) is 5.21. The molecule has 15 heavy (non-hydrogen) atoms. The number of Topliss-reactive ketones (excluding diaryl/α,β-unsaturated/α-hetero) is 1. The number of halogens is 1. The Kier molecular flexibility index (Phi) is 2.53. The maximum Gasteiger partial charge on any atom is 0.134 e. The van der Waals surface area contributed by atoms with Crippen LogP contribution in [0.5, 0.6) is 0 Å². The largest absolute Gasteiger partial charge is 0.361 e. The van der Waals surface area contributed by atoms with Gasteiger partial charge in [-0.15, -0.1) is 0 Å². The molecule has 2 rings (SSSR count). The molecule has 78 valence electrons. The fourth-order valence-electron chi connectivity index (χ4n) is 1.72. The molecule has 2 aromatic rings. The highest BCUT2D eigenvalue weighted by molar-refractivity contribution is 6.32. The number of nitrogens with one attached hydrogen (secondary N) is 1. The van der Waals surface area contributed by atoms with Gasteiger partial charge in [0.25, 0.3) is 0 Å². The van der Waals surface area contributed by atoms with Crippen LogP contribution in [0.15, 0.2) is 18.3 Å². The van der Waals surface area contributed by atoms with E-state index in [-0.39, 0.29) is 5.78 Å². The van der Waals surface area contributed by atoms with E-state index in [2.05, 4.69) is 4.98 Å². The number of rotatable bonds is 2. The van der Waals surface area contributed by atoms with Crippen LogP contribution in [0.25, 0.3) is 10.9 Å². The van der Waals surface area contributed by atoms with E-state index in [0.717, 1.165) is 27.1 Å². The van der Waals surface area contributed by atoms with Gasteiger partial charge in [0.05, 0.1) is 0 Å².